The molecule has 34 heavy (non-hydrogen) atoms. The van der Waals surface area contributed by atoms with Crippen molar-refractivity contribution < 1.29 is 23.8 Å². The van der Waals surface area contributed by atoms with Crippen LogP contribution in [0.15, 0.2) is 40.9 Å². The van der Waals surface area contributed by atoms with Gasteiger partial charge < -0.3 is 24.9 Å². The van der Waals surface area contributed by atoms with Crippen LogP contribution in [0.5, 0.6) is 5.88 Å². The monoisotopic (exact) mass is 505 g/mol. The van der Waals surface area contributed by atoms with Crippen molar-refractivity contribution in [1.29, 1.82) is 0 Å². The number of carbonyl (C=O) groups excluding carboxylic acids is 1. The third kappa shape index (κ3) is 6.36. The van der Waals surface area contributed by atoms with Gasteiger partial charge in [0, 0.05) is 17.5 Å². The number of hydrogen-bond acceptors (Lipinski definition) is 8. The van der Waals surface area contributed by atoms with Crippen LogP contribution in [-0.2, 0) is 4.79 Å². The first-order chi connectivity index (χ1) is 16.4. The molecule has 1 saturated carbocycles. The summed E-state index contributed by atoms with van der Waals surface area (Å²) in [6.07, 6.45) is 4.86. The van der Waals surface area contributed by atoms with Crippen molar-refractivity contribution in [3.8, 4) is 5.88 Å². The largest absolute Gasteiger partial charge is 0.481 e. The smallest absolute Gasteiger partial charge is 0.320 e. The summed E-state index contributed by atoms with van der Waals surface area (Å²) in [5, 5.41) is 22.7. The van der Waals surface area contributed by atoms with E-state index in [1.807, 2.05) is 0 Å². The molecule has 0 bridgehead atoms. The summed E-state index contributed by atoms with van der Waals surface area (Å²) in [5.41, 5.74) is 0.924. The van der Waals surface area contributed by atoms with Gasteiger partial charge in [0.1, 0.15) is 6.10 Å². The van der Waals surface area contributed by atoms with Gasteiger partial charge in [0.25, 0.3) is 0 Å². The van der Waals surface area contributed by atoms with Crippen LogP contribution in [0.4, 0.5) is 17.4 Å². The Morgan fingerprint density at radius 1 is 1.12 bits per heavy atom. The molecule has 12 heteroatoms. The Morgan fingerprint density at radius 3 is 2.59 bits per heavy atom. The maximum absolute atomic E-state index is 12.4. The highest BCUT2D eigenvalue weighted by Crippen LogP contribution is 2.30. The number of carboxylic acid groups (broad SMARTS) is 1. The second kappa shape index (κ2) is 10.7. The molecule has 1 aliphatic carbocycles. The van der Waals surface area contributed by atoms with E-state index >= 15 is 0 Å². The number of carbonyl (C=O) groups is 2. The van der Waals surface area contributed by atoms with Crippen molar-refractivity contribution in [1.82, 2.24) is 15.2 Å². The lowest BCUT2D eigenvalue weighted by molar-refractivity contribution is -0.138. The van der Waals surface area contributed by atoms with Gasteiger partial charge in [-0.05, 0) is 55.9 Å². The fourth-order valence-electron chi connectivity index (χ4n) is 3.65. The van der Waals surface area contributed by atoms with Crippen molar-refractivity contribution in [3.05, 3.63) is 52.5 Å². The summed E-state index contributed by atoms with van der Waals surface area (Å²) in [6, 6.07) is 8.15. The van der Waals surface area contributed by atoms with Crippen LogP contribution in [-0.4, -0.2) is 38.3 Å². The number of aromatic nitrogens is 3. The lowest BCUT2D eigenvalue weighted by atomic mass is 9.85. The molecule has 4 rings (SSSR count). The minimum atomic E-state index is -0.761. The summed E-state index contributed by atoms with van der Waals surface area (Å²) in [4.78, 5) is 27.5. The number of amides is 1. The Labute approximate surface area is 204 Å². The van der Waals surface area contributed by atoms with Gasteiger partial charge in [-0.3, -0.25) is 9.59 Å². The Balaban J connectivity index is 1.28. The van der Waals surface area contributed by atoms with E-state index in [2.05, 4.69) is 25.8 Å². The number of hydrogen-bond donors (Lipinski definition) is 3. The highest BCUT2D eigenvalue weighted by Gasteiger charge is 2.24. The van der Waals surface area contributed by atoms with Crippen LogP contribution in [0, 0.1) is 5.92 Å². The predicted octanol–water partition coefficient (Wildman–Crippen LogP) is 5.18. The lowest BCUT2D eigenvalue weighted by Gasteiger charge is -2.27. The summed E-state index contributed by atoms with van der Waals surface area (Å²) in [6.45, 7) is 0. The Bertz CT molecular complexity index is 1160. The normalized spacial score (nSPS) is 17.7. The summed E-state index contributed by atoms with van der Waals surface area (Å²) in [5.74, 6) is -0.973. The lowest BCUT2D eigenvalue weighted by Crippen LogP contribution is -2.25. The number of carboxylic acids is 1. The fraction of sp³-hybridized carbons (Fsp3) is 0.318. The number of benzene rings is 1. The number of rotatable bonds is 8. The van der Waals surface area contributed by atoms with Crippen molar-refractivity contribution in [3.63, 3.8) is 0 Å². The Morgan fingerprint density at radius 2 is 1.91 bits per heavy atom. The Hall–Kier alpha value is -3.37. The van der Waals surface area contributed by atoms with E-state index in [1.54, 1.807) is 30.3 Å². The molecular formula is C22H21Cl2N5O5. The first-order valence-corrected chi connectivity index (χ1v) is 11.3. The summed E-state index contributed by atoms with van der Waals surface area (Å²) < 4.78 is 11.2. The molecule has 0 spiro atoms. The van der Waals surface area contributed by atoms with Crippen LogP contribution in [0.25, 0.3) is 0 Å². The molecule has 0 atom stereocenters. The van der Waals surface area contributed by atoms with Gasteiger partial charge in [-0.15, -0.1) is 5.10 Å². The number of anilines is 3. The second-order valence-corrected chi connectivity index (χ2v) is 8.70. The standard InChI is InChI=1S/C22H21Cl2N5O5/c23-13-3-7-17(16(24)10-13)27-22-29-28-21(34-22)20(32)26-14-4-8-18(25-11-14)33-15-5-1-12(2-6-15)9-19(30)31/h3-4,7-8,10-12,15H,1-2,5-6,9H2,(H,26,32)(H,27,29)(H,30,31)/t12-,15+. The van der Waals surface area contributed by atoms with Gasteiger partial charge in [-0.1, -0.05) is 28.3 Å². The van der Waals surface area contributed by atoms with E-state index in [-0.39, 0.29) is 30.3 Å². The topological polar surface area (TPSA) is 139 Å². The van der Waals surface area contributed by atoms with Gasteiger partial charge in [-0.25, -0.2) is 4.98 Å². The van der Waals surface area contributed by atoms with E-state index in [0.717, 1.165) is 25.7 Å². The number of pyridine rings is 1. The second-order valence-electron chi connectivity index (χ2n) is 7.86. The van der Waals surface area contributed by atoms with Crippen molar-refractivity contribution in [2.75, 3.05) is 10.6 Å². The highest BCUT2D eigenvalue weighted by atomic mass is 35.5. The molecule has 3 aromatic rings. The van der Waals surface area contributed by atoms with Gasteiger partial charge in [0.05, 0.1) is 22.6 Å². The molecule has 2 aromatic heterocycles. The quantitative estimate of drug-likeness (QED) is 0.377. The minimum Gasteiger partial charge on any atom is -0.481 e. The molecule has 0 unspecified atom stereocenters. The Kier molecular flexibility index (Phi) is 7.49. The number of nitrogens with one attached hydrogen (secondary N) is 2. The molecule has 2 heterocycles. The molecular weight excluding hydrogens is 485 g/mol. The van der Waals surface area contributed by atoms with E-state index in [4.69, 9.17) is 37.5 Å². The molecule has 10 nitrogen and oxygen atoms in total. The van der Waals surface area contributed by atoms with E-state index in [0.29, 0.717) is 27.3 Å². The third-order valence-electron chi connectivity index (χ3n) is 5.33. The maximum atomic E-state index is 12.4. The summed E-state index contributed by atoms with van der Waals surface area (Å²) in [7, 11) is 0. The molecule has 178 valence electrons. The maximum Gasteiger partial charge on any atom is 0.320 e. The first kappa shape index (κ1) is 23.8. The molecule has 1 fully saturated rings. The number of ether oxygens (including phenoxy) is 1. The van der Waals surface area contributed by atoms with E-state index in [9.17, 15) is 9.59 Å². The predicted molar refractivity (Wildman–Crippen MR) is 125 cm³/mol. The minimum absolute atomic E-state index is 0.00329. The van der Waals surface area contributed by atoms with Gasteiger partial charge in [-0.2, -0.15) is 0 Å². The van der Waals surface area contributed by atoms with Crippen molar-refractivity contribution >= 4 is 52.5 Å². The van der Waals surface area contributed by atoms with Crippen LogP contribution >= 0.6 is 23.2 Å². The molecule has 1 aliphatic rings. The average Bonchev–Trinajstić information content (AvgIpc) is 3.27. The SMILES string of the molecule is O=C(O)C[C@H]1CC[C@@H](Oc2ccc(NC(=O)c3nnc(Nc4ccc(Cl)cc4Cl)o3)cn2)CC1. The third-order valence-corrected chi connectivity index (χ3v) is 5.88. The molecule has 3 N–H and O–H groups in total. The zero-order valence-electron chi connectivity index (χ0n) is 17.8. The fourth-order valence-corrected chi connectivity index (χ4v) is 4.11. The number of halogens is 2. The summed E-state index contributed by atoms with van der Waals surface area (Å²) >= 11 is 12.0. The molecule has 1 amide bonds. The van der Waals surface area contributed by atoms with Crippen LogP contribution in [0.3, 0.4) is 0 Å². The highest BCUT2D eigenvalue weighted by molar-refractivity contribution is 6.36. The van der Waals surface area contributed by atoms with Gasteiger partial charge in [0.15, 0.2) is 0 Å². The number of nitrogens with zero attached hydrogens (tertiary/aromatic N) is 3. The zero-order valence-corrected chi connectivity index (χ0v) is 19.3. The van der Waals surface area contributed by atoms with Crippen molar-refractivity contribution in [2.24, 2.45) is 5.92 Å². The van der Waals surface area contributed by atoms with Crippen LogP contribution in [0.2, 0.25) is 10.0 Å². The first-order valence-electron chi connectivity index (χ1n) is 10.6. The molecule has 0 aliphatic heterocycles. The van der Waals surface area contributed by atoms with Crippen LogP contribution < -0.4 is 15.4 Å². The zero-order chi connectivity index (χ0) is 24.1. The molecule has 0 radical (unpaired) electrons. The van der Waals surface area contributed by atoms with Crippen LogP contribution in [0.1, 0.15) is 42.8 Å². The van der Waals surface area contributed by atoms with Gasteiger partial charge in [0.2, 0.25) is 5.88 Å². The van der Waals surface area contributed by atoms with Crippen molar-refractivity contribution in [2.45, 2.75) is 38.2 Å². The molecule has 0 saturated heterocycles. The molecule has 1 aromatic carbocycles. The average molecular weight is 506 g/mol. The number of aliphatic carboxylic acids is 1. The van der Waals surface area contributed by atoms with E-state index in [1.165, 1.54) is 6.20 Å². The van der Waals surface area contributed by atoms with E-state index < -0.39 is 11.9 Å². The van der Waals surface area contributed by atoms with Gasteiger partial charge >= 0.3 is 23.8 Å².